The van der Waals surface area contributed by atoms with E-state index in [4.69, 9.17) is 0 Å². The summed E-state index contributed by atoms with van der Waals surface area (Å²) >= 11 is 0. The molecule has 2 aliphatic heterocycles. The molecule has 2 fully saturated rings. The van der Waals surface area contributed by atoms with Crippen LogP contribution in [0.1, 0.15) is 93.5 Å². The Morgan fingerprint density at radius 1 is 1.05 bits per heavy atom. The Balaban J connectivity index is 1.50. The molecule has 4 rings (SSSR count). The first-order valence-corrected chi connectivity index (χ1v) is 14.7. The zero-order valence-corrected chi connectivity index (χ0v) is 23.2. The number of aromatic nitrogens is 2. The summed E-state index contributed by atoms with van der Waals surface area (Å²) in [6.07, 6.45) is 15.2. The second-order valence-corrected chi connectivity index (χ2v) is 11.0. The average molecular weight is 525 g/mol. The van der Waals surface area contributed by atoms with E-state index in [2.05, 4.69) is 30.8 Å². The van der Waals surface area contributed by atoms with Crippen molar-refractivity contribution in [3.63, 3.8) is 0 Å². The van der Waals surface area contributed by atoms with Crippen molar-refractivity contribution in [2.75, 3.05) is 36.4 Å². The Labute approximate surface area is 227 Å². The van der Waals surface area contributed by atoms with Gasteiger partial charge in [-0.25, -0.2) is 9.37 Å². The Morgan fingerprint density at radius 2 is 1.82 bits per heavy atom. The lowest BCUT2D eigenvalue weighted by Gasteiger charge is -2.28. The third-order valence-corrected chi connectivity index (χ3v) is 7.90. The van der Waals surface area contributed by atoms with Gasteiger partial charge >= 0.3 is 0 Å². The van der Waals surface area contributed by atoms with Crippen LogP contribution in [0, 0.1) is 18.7 Å². The van der Waals surface area contributed by atoms with Crippen molar-refractivity contribution >= 4 is 23.4 Å². The van der Waals surface area contributed by atoms with Crippen molar-refractivity contribution in [1.82, 2.24) is 20.6 Å². The lowest BCUT2D eigenvalue weighted by molar-refractivity contribution is 0.0955. The standard InChI is InChI=1S/C30H45FN6O/c1-3-32-29(38)26-16-15-24(18-22(26)2)35-30-34-19-27(31)28(36-30)37-20-23-12-10-8-6-4-5-7-9-11-17-33-25(21-37)14-13-23/h15-16,18-19,23,25,33H,3-14,17,20-21H2,1-2H3,(H,32,38)(H,34,35,36)/t23-,25+/m0/s1. The number of amides is 1. The predicted octanol–water partition coefficient (Wildman–Crippen LogP) is 6.12. The molecule has 1 aromatic carbocycles. The van der Waals surface area contributed by atoms with E-state index in [1.807, 2.05) is 26.0 Å². The number of fused-ring (bicyclic) bond motifs is 3. The van der Waals surface area contributed by atoms with Gasteiger partial charge in [-0.15, -0.1) is 0 Å². The molecule has 0 radical (unpaired) electrons. The molecule has 0 aliphatic carbocycles. The van der Waals surface area contributed by atoms with Crippen LogP contribution in [0.2, 0.25) is 0 Å². The number of rotatable bonds is 5. The fourth-order valence-electron chi connectivity index (χ4n) is 5.79. The molecule has 8 heteroatoms. The van der Waals surface area contributed by atoms with E-state index in [0.717, 1.165) is 37.3 Å². The Hall–Kier alpha value is -2.74. The summed E-state index contributed by atoms with van der Waals surface area (Å²) in [6, 6.07) is 5.86. The molecule has 2 aromatic rings. The van der Waals surface area contributed by atoms with Gasteiger partial charge in [-0.2, -0.15) is 4.98 Å². The van der Waals surface area contributed by atoms with Gasteiger partial charge in [-0.05, 0) is 75.8 Å². The average Bonchev–Trinajstić information content (AvgIpc) is 3.10. The normalized spacial score (nSPS) is 21.7. The van der Waals surface area contributed by atoms with Crippen molar-refractivity contribution in [1.29, 1.82) is 0 Å². The van der Waals surface area contributed by atoms with E-state index in [0.29, 0.717) is 35.8 Å². The van der Waals surface area contributed by atoms with E-state index in [-0.39, 0.29) is 11.7 Å². The van der Waals surface area contributed by atoms with Gasteiger partial charge < -0.3 is 20.9 Å². The predicted molar refractivity (Wildman–Crippen MR) is 153 cm³/mol. The Bertz CT molecular complexity index is 1030. The molecule has 1 amide bonds. The Morgan fingerprint density at radius 3 is 2.58 bits per heavy atom. The second-order valence-electron chi connectivity index (χ2n) is 11.0. The molecule has 1 aromatic heterocycles. The van der Waals surface area contributed by atoms with E-state index in [1.165, 1.54) is 70.4 Å². The summed E-state index contributed by atoms with van der Waals surface area (Å²) in [6.45, 7) is 6.99. The van der Waals surface area contributed by atoms with Crippen molar-refractivity contribution in [2.45, 2.75) is 90.5 Å². The van der Waals surface area contributed by atoms with Gasteiger partial charge in [0.15, 0.2) is 11.6 Å². The number of halogens is 1. The van der Waals surface area contributed by atoms with Crippen molar-refractivity contribution in [3.05, 3.63) is 41.3 Å². The quantitative estimate of drug-likeness (QED) is 0.437. The van der Waals surface area contributed by atoms with Crippen LogP contribution in [0.5, 0.6) is 0 Å². The smallest absolute Gasteiger partial charge is 0.251 e. The minimum Gasteiger partial charge on any atom is -0.352 e. The van der Waals surface area contributed by atoms with E-state index in [1.54, 1.807) is 6.07 Å². The SMILES string of the molecule is CCNC(=O)c1ccc(Nc2ncc(F)c(N3C[C@H]4CCCCCCCCCCN[C@H](CC4)C3)n2)cc1C. The van der Waals surface area contributed by atoms with Crippen LogP contribution >= 0.6 is 0 Å². The van der Waals surface area contributed by atoms with Gasteiger partial charge in [0.25, 0.3) is 5.91 Å². The molecule has 2 aliphatic rings. The minimum absolute atomic E-state index is 0.0899. The number of anilines is 3. The number of nitrogens with one attached hydrogen (secondary N) is 3. The lowest BCUT2D eigenvalue weighted by atomic mass is 9.95. The molecule has 2 bridgehead atoms. The number of carbonyl (C=O) groups is 1. The first-order chi connectivity index (χ1) is 18.5. The molecule has 0 saturated carbocycles. The molecule has 0 spiro atoms. The van der Waals surface area contributed by atoms with Gasteiger partial charge in [0.1, 0.15) is 0 Å². The summed E-state index contributed by atoms with van der Waals surface area (Å²) in [4.78, 5) is 23.3. The number of hydrogen-bond donors (Lipinski definition) is 3. The van der Waals surface area contributed by atoms with Crippen molar-refractivity contribution in [3.8, 4) is 0 Å². The molecule has 3 N–H and O–H groups in total. The second kappa shape index (κ2) is 14.4. The highest BCUT2D eigenvalue weighted by Crippen LogP contribution is 2.28. The first-order valence-electron chi connectivity index (χ1n) is 14.7. The molecule has 3 heterocycles. The number of carbonyl (C=O) groups excluding carboxylic acids is 1. The van der Waals surface area contributed by atoms with Gasteiger partial charge in [0.2, 0.25) is 5.95 Å². The maximum atomic E-state index is 15.2. The molecule has 38 heavy (non-hydrogen) atoms. The fourth-order valence-corrected chi connectivity index (χ4v) is 5.79. The molecular formula is C30H45FN6O. The maximum Gasteiger partial charge on any atom is 0.251 e. The van der Waals surface area contributed by atoms with Crippen LogP contribution in [0.3, 0.4) is 0 Å². The monoisotopic (exact) mass is 524 g/mol. The highest BCUT2D eigenvalue weighted by Gasteiger charge is 2.27. The number of hydrogen-bond acceptors (Lipinski definition) is 6. The molecule has 2 saturated heterocycles. The number of nitrogens with zero attached hydrogens (tertiary/aromatic N) is 3. The van der Waals surface area contributed by atoms with Crippen LogP contribution < -0.4 is 20.9 Å². The summed E-state index contributed by atoms with van der Waals surface area (Å²) in [5, 5.41) is 9.82. The van der Waals surface area contributed by atoms with Crippen LogP contribution in [-0.4, -0.2) is 48.1 Å². The lowest BCUT2D eigenvalue weighted by Crippen LogP contribution is -2.41. The fraction of sp³-hybridized carbons (Fsp3) is 0.633. The summed E-state index contributed by atoms with van der Waals surface area (Å²) in [7, 11) is 0. The van der Waals surface area contributed by atoms with Crippen LogP contribution in [0.4, 0.5) is 21.8 Å². The minimum atomic E-state index is -0.382. The van der Waals surface area contributed by atoms with E-state index in [9.17, 15) is 4.79 Å². The number of benzene rings is 1. The molecule has 2 atom stereocenters. The third-order valence-electron chi connectivity index (χ3n) is 7.90. The van der Waals surface area contributed by atoms with Crippen LogP contribution in [0.25, 0.3) is 0 Å². The molecule has 7 nitrogen and oxygen atoms in total. The summed E-state index contributed by atoms with van der Waals surface area (Å²) in [5.74, 6) is 0.805. The summed E-state index contributed by atoms with van der Waals surface area (Å²) < 4.78 is 15.2. The highest BCUT2D eigenvalue weighted by molar-refractivity contribution is 5.96. The third kappa shape index (κ3) is 8.13. The molecule has 0 unspecified atom stereocenters. The van der Waals surface area contributed by atoms with E-state index < -0.39 is 0 Å². The largest absolute Gasteiger partial charge is 0.352 e. The maximum absolute atomic E-state index is 15.2. The van der Waals surface area contributed by atoms with Gasteiger partial charge in [-0.3, -0.25) is 4.79 Å². The highest BCUT2D eigenvalue weighted by atomic mass is 19.1. The van der Waals surface area contributed by atoms with E-state index >= 15 is 4.39 Å². The topological polar surface area (TPSA) is 82.2 Å². The number of aryl methyl sites for hydroxylation is 1. The van der Waals surface area contributed by atoms with Gasteiger partial charge in [0, 0.05) is 36.9 Å². The van der Waals surface area contributed by atoms with Crippen LogP contribution in [0.15, 0.2) is 24.4 Å². The van der Waals surface area contributed by atoms with Crippen molar-refractivity contribution in [2.24, 2.45) is 5.92 Å². The zero-order valence-electron chi connectivity index (χ0n) is 23.2. The Kier molecular flexibility index (Phi) is 10.7. The van der Waals surface area contributed by atoms with Crippen molar-refractivity contribution < 1.29 is 9.18 Å². The first kappa shape index (κ1) is 28.3. The van der Waals surface area contributed by atoms with Gasteiger partial charge in [-0.1, -0.05) is 44.9 Å². The van der Waals surface area contributed by atoms with Crippen LogP contribution in [-0.2, 0) is 0 Å². The molecule has 208 valence electrons. The zero-order chi connectivity index (χ0) is 26.7. The summed E-state index contributed by atoms with van der Waals surface area (Å²) in [5.41, 5.74) is 2.26. The van der Waals surface area contributed by atoms with Gasteiger partial charge in [0.05, 0.1) is 6.20 Å². The molecular weight excluding hydrogens is 479 g/mol.